The largest absolute Gasteiger partial charge is 0.497 e. The molecule has 1 unspecified atom stereocenters. The predicted octanol–water partition coefficient (Wildman–Crippen LogP) is 3.08. The number of hydrogen-bond acceptors (Lipinski definition) is 3. The van der Waals surface area contributed by atoms with Gasteiger partial charge in [-0.1, -0.05) is 23.7 Å². The zero-order valence-electron chi connectivity index (χ0n) is 13.7. The second-order valence-corrected chi connectivity index (χ2v) is 6.81. The summed E-state index contributed by atoms with van der Waals surface area (Å²) in [6.07, 6.45) is 0.579. The zero-order valence-corrected chi connectivity index (χ0v) is 14.5. The van der Waals surface area contributed by atoms with Crippen LogP contribution in [0.25, 0.3) is 0 Å². The smallest absolute Gasteiger partial charge is 0.255 e. The lowest BCUT2D eigenvalue weighted by molar-refractivity contribution is -0.120. The Hall–Kier alpha value is -2.53. The van der Waals surface area contributed by atoms with E-state index in [1.165, 1.54) is 0 Å². The van der Waals surface area contributed by atoms with Gasteiger partial charge in [-0.3, -0.25) is 9.59 Å². The van der Waals surface area contributed by atoms with E-state index in [9.17, 15) is 9.59 Å². The first-order valence-electron chi connectivity index (χ1n) is 8.09. The number of fused-ring (bicyclic) bond motifs is 2. The van der Waals surface area contributed by atoms with Crippen LogP contribution in [-0.4, -0.2) is 36.9 Å². The van der Waals surface area contributed by atoms with E-state index in [0.717, 1.165) is 11.3 Å². The molecule has 128 valence electrons. The summed E-state index contributed by atoms with van der Waals surface area (Å²) >= 11 is 6.15. The molecule has 0 radical (unpaired) electrons. The Morgan fingerprint density at radius 1 is 1.28 bits per heavy atom. The van der Waals surface area contributed by atoms with Gasteiger partial charge in [0, 0.05) is 18.8 Å². The van der Waals surface area contributed by atoms with Gasteiger partial charge in [0.15, 0.2) is 0 Å². The van der Waals surface area contributed by atoms with Crippen LogP contribution < -0.4 is 10.1 Å². The molecule has 1 atom stereocenters. The van der Waals surface area contributed by atoms with E-state index in [1.54, 1.807) is 36.3 Å². The van der Waals surface area contributed by atoms with Gasteiger partial charge in [-0.15, -0.1) is 0 Å². The minimum Gasteiger partial charge on any atom is -0.497 e. The summed E-state index contributed by atoms with van der Waals surface area (Å²) in [4.78, 5) is 27.2. The molecule has 5 nitrogen and oxygen atoms in total. The third-order valence-electron chi connectivity index (χ3n) is 5.09. The van der Waals surface area contributed by atoms with Gasteiger partial charge in [-0.2, -0.15) is 0 Å². The molecule has 1 N–H and O–H groups in total. The molecule has 2 amide bonds. The van der Waals surface area contributed by atoms with Crippen LogP contribution in [-0.2, 0) is 10.2 Å². The Morgan fingerprint density at radius 3 is 2.84 bits per heavy atom. The molecule has 2 aliphatic rings. The van der Waals surface area contributed by atoms with Crippen LogP contribution in [0.15, 0.2) is 42.5 Å². The van der Waals surface area contributed by atoms with E-state index < -0.39 is 5.41 Å². The van der Waals surface area contributed by atoms with Gasteiger partial charge in [-0.05, 0) is 42.3 Å². The zero-order chi connectivity index (χ0) is 17.6. The fourth-order valence-electron chi connectivity index (χ4n) is 3.71. The van der Waals surface area contributed by atoms with Crippen LogP contribution in [0.3, 0.4) is 0 Å². The van der Waals surface area contributed by atoms with Crippen molar-refractivity contribution in [2.45, 2.75) is 11.8 Å². The maximum absolute atomic E-state index is 12.8. The number of nitrogens with zero attached hydrogens (tertiary/aromatic N) is 1. The minimum atomic E-state index is -0.721. The average Bonchev–Trinajstić information content (AvgIpc) is 3.18. The molecule has 1 spiro atoms. The number of carbonyl (C=O) groups is 2. The summed E-state index contributed by atoms with van der Waals surface area (Å²) in [5, 5.41) is 3.36. The van der Waals surface area contributed by atoms with Gasteiger partial charge in [0.25, 0.3) is 5.91 Å². The van der Waals surface area contributed by atoms with E-state index in [4.69, 9.17) is 16.3 Å². The number of carbonyl (C=O) groups excluding carboxylic acids is 2. The second-order valence-electron chi connectivity index (χ2n) is 6.40. The van der Waals surface area contributed by atoms with Crippen molar-refractivity contribution in [2.24, 2.45) is 0 Å². The molecule has 0 aliphatic carbocycles. The van der Waals surface area contributed by atoms with Crippen molar-refractivity contribution in [2.75, 3.05) is 25.5 Å². The number of methoxy groups -OCH3 is 1. The molecule has 6 heteroatoms. The molecule has 2 heterocycles. The fraction of sp³-hybridized carbons (Fsp3) is 0.263. The Morgan fingerprint density at radius 2 is 2.08 bits per heavy atom. The lowest BCUT2D eigenvalue weighted by Crippen LogP contribution is -2.39. The Bertz CT molecular complexity index is 883. The highest BCUT2D eigenvalue weighted by molar-refractivity contribution is 6.33. The van der Waals surface area contributed by atoms with Crippen molar-refractivity contribution in [3.63, 3.8) is 0 Å². The lowest BCUT2D eigenvalue weighted by Gasteiger charge is -2.23. The molecule has 1 saturated heterocycles. The number of halogens is 1. The molecule has 2 aromatic carbocycles. The second kappa shape index (κ2) is 5.77. The molecule has 0 bridgehead atoms. The van der Waals surface area contributed by atoms with E-state index in [-0.39, 0.29) is 11.8 Å². The summed E-state index contributed by atoms with van der Waals surface area (Å²) in [7, 11) is 1.60. The molecule has 2 aliphatic heterocycles. The summed E-state index contributed by atoms with van der Waals surface area (Å²) in [5.41, 5.74) is 1.43. The molecule has 4 rings (SSSR count). The SMILES string of the molecule is COc1ccc2c(c1)C1(CCN(C(=O)c3ccccc3Cl)C1)C(=O)N2. The highest BCUT2D eigenvalue weighted by Gasteiger charge is 2.52. The summed E-state index contributed by atoms with van der Waals surface area (Å²) < 4.78 is 5.30. The van der Waals surface area contributed by atoms with Gasteiger partial charge in [0.05, 0.1) is 23.1 Å². The van der Waals surface area contributed by atoms with Crippen LogP contribution in [0.4, 0.5) is 5.69 Å². The number of rotatable bonds is 2. The predicted molar refractivity (Wildman–Crippen MR) is 95.3 cm³/mol. The lowest BCUT2D eigenvalue weighted by atomic mass is 9.81. The molecule has 25 heavy (non-hydrogen) atoms. The van der Waals surface area contributed by atoms with Gasteiger partial charge in [-0.25, -0.2) is 0 Å². The van der Waals surface area contributed by atoms with Crippen LogP contribution in [0.5, 0.6) is 5.75 Å². The average molecular weight is 357 g/mol. The van der Waals surface area contributed by atoms with Crippen molar-refractivity contribution in [3.8, 4) is 5.75 Å². The Balaban J connectivity index is 1.68. The van der Waals surface area contributed by atoms with Crippen molar-refractivity contribution >= 4 is 29.1 Å². The van der Waals surface area contributed by atoms with Crippen LogP contribution >= 0.6 is 11.6 Å². The minimum absolute atomic E-state index is 0.0646. The standard InChI is InChI=1S/C19H17ClN2O3/c1-25-12-6-7-16-14(10-12)19(18(24)21-16)8-9-22(11-19)17(23)13-4-2-3-5-15(13)20/h2-7,10H,8-9,11H2,1H3,(H,21,24). The number of amides is 2. The topological polar surface area (TPSA) is 58.6 Å². The fourth-order valence-corrected chi connectivity index (χ4v) is 3.93. The molecular weight excluding hydrogens is 340 g/mol. The van der Waals surface area contributed by atoms with Gasteiger partial charge in [0.1, 0.15) is 5.75 Å². The number of nitrogens with one attached hydrogen (secondary N) is 1. The molecule has 0 aromatic heterocycles. The first kappa shape index (κ1) is 16.0. The number of likely N-dealkylation sites (tertiary alicyclic amines) is 1. The molecule has 2 aromatic rings. The normalized spacial score (nSPS) is 21.4. The third-order valence-corrected chi connectivity index (χ3v) is 5.42. The number of hydrogen-bond donors (Lipinski definition) is 1. The molecule has 0 saturated carbocycles. The third kappa shape index (κ3) is 2.38. The molecular formula is C19H17ClN2O3. The molecule has 1 fully saturated rings. The quantitative estimate of drug-likeness (QED) is 0.899. The first-order chi connectivity index (χ1) is 12.0. The summed E-state index contributed by atoms with van der Waals surface area (Å²) in [5.74, 6) is 0.488. The van der Waals surface area contributed by atoms with Crippen molar-refractivity contribution in [1.82, 2.24) is 4.90 Å². The number of anilines is 1. The number of benzene rings is 2. The van der Waals surface area contributed by atoms with Crippen LogP contribution in [0.2, 0.25) is 5.02 Å². The van der Waals surface area contributed by atoms with Gasteiger partial charge >= 0.3 is 0 Å². The van der Waals surface area contributed by atoms with Crippen molar-refractivity contribution in [3.05, 3.63) is 58.6 Å². The van der Waals surface area contributed by atoms with Crippen LogP contribution in [0, 0.1) is 0 Å². The number of ether oxygens (including phenoxy) is 1. The highest BCUT2D eigenvalue weighted by Crippen LogP contribution is 2.45. The van der Waals surface area contributed by atoms with E-state index in [2.05, 4.69) is 5.32 Å². The maximum Gasteiger partial charge on any atom is 0.255 e. The first-order valence-corrected chi connectivity index (χ1v) is 8.47. The summed E-state index contributed by atoms with van der Waals surface area (Å²) in [6, 6.07) is 12.5. The van der Waals surface area contributed by atoms with Gasteiger partial charge < -0.3 is 15.0 Å². The van der Waals surface area contributed by atoms with E-state index >= 15 is 0 Å². The van der Waals surface area contributed by atoms with Gasteiger partial charge in [0.2, 0.25) is 5.91 Å². The van der Waals surface area contributed by atoms with Crippen molar-refractivity contribution < 1.29 is 14.3 Å². The Labute approximate surface area is 150 Å². The van der Waals surface area contributed by atoms with Crippen LogP contribution in [0.1, 0.15) is 22.3 Å². The summed E-state index contributed by atoms with van der Waals surface area (Å²) in [6.45, 7) is 0.844. The van der Waals surface area contributed by atoms with E-state index in [0.29, 0.717) is 35.8 Å². The maximum atomic E-state index is 12.8. The Kier molecular flexibility index (Phi) is 3.69. The monoisotopic (exact) mass is 356 g/mol. The van der Waals surface area contributed by atoms with E-state index in [1.807, 2.05) is 18.2 Å². The highest BCUT2D eigenvalue weighted by atomic mass is 35.5. The van der Waals surface area contributed by atoms with Crippen molar-refractivity contribution in [1.29, 1.82) is 0 Å².